The van der Waals surface area contributed by atoms with Gasteiger partial charge in [-0.2, -0.15) is 0 Å². The van der Waals surface area contributed by atoms with Crippen LogP contribution in [0.2, 0.25) is 0 Å². The van der Waals surface area contributed by atoms with Crippen molar-refractivity contribution in [3.8, 4) is 0 Å². The summed E-state index contributed by atoms with van der Waals surface area (Å²) in [4.78, 5) is 10.7. The molecule has 2 heteroatoms. The van der Waals surface area contributed by atoms with Crippen LogP contribution in [-0.4, -0.2) is 11.1 Å². The van der Waals surface area contributed by atoms with Gasteiger partial charge in [0.05, 0.1) is 5.41 Å². The maximum absolute atomic E-state index is 10.7. The third kappa shape index (κ3) is 4.16. The lowest BCUT2D eigenvalue weighted by molar-refractivity contribution is -0.147. The second kappa shape index (κ2) is 4.96. The molecule has 2 nitrogen and oxygen atoms in total. The minimum absolute atomic E-state index is 0.585. The molecule has 0 radical (unpaired) electrons. The van der Waals surface area contributed by atoms with Gasteiger partial charge < -0.3 is 5.11 Å². The topological polar surface area (TPSA) is 37.3 Å². The van der Waals surface area contributed by atoms with Gasteiger partial charge in [0.25, 0.3) is 0 Å². The van der Waals surface area contributed by atoms with Crippen molar-refractivity contribution in [2.24, 2.45) is 5.41 Å². The van der Waals surface area contributed by atoms with Gasteiger partial charge in [-0.1, -0.05) is 19.1 Å². The van der Waals surface area contributed by atoms with Crippen molar-refractivity contribution in [1.29, 1.82) is 0 Å². The molecule has 1 N–H and O–H groups in total. The average Bonchev–Trinajstić information content (AvgIpc) is 1.98. The van der Waals surface area contributed by atoms with E-state index in [0.29, 0.717) is 6.42 Å². The van der Waals surface area contributed by atoms with Crippen LogP contribution in [0, 0.1) is 5.41 Å². The second-order valence-electron chi connectivity index (χ2n) is 3.61. The summed E-state index contributed by atoms with van der Waals surface area (Å²) in [5.41, 5.74) is -0.585. The molecule has 0 bridgehead atoms. The molecular weight excluding hydrogens is 152 g/mol. The zero-order valence-corrected chi connectivity index (χ0v) is 8.13. The summed E-state index contributed by atoms with van der Waals surface area (Å²) < 4.78 is 0. The first-order chi connectivity index (χ1) is 5.50. The number of allylic oxidation sites excluding steroid dienone is 2. The molecule has 0 unspecified atom stereocenters. The first-order valence-corrected chi connectivity index (χ1v) is 4.39. The summed E-state index contributed by atoms with van der Waals surface area (Å²) >= 11 is 0. The van der Waals surface area contributed by atoms with Crippen molar-refractivity contribution >= 4 is 5.97 Å². The number of hydrogen-bond acceptors (Lipinski definition) is 1. The number of aliphatic carboxylic acids is 1. The predicted octanol–water partition coefficient (Wildman–Crippen LogP) is 2.84. The van der Waals surface area contributed by atoms with E-state index in [9.17, 15) is 4.79 Å². The van der Waals surface area contributed by atoms with Crippen molar-refractivity contribution in [2.75, 3.05) is 0 Å². The molecule has 0 saturated carbocycles. The molecule has 0 aromatic carbocycles. The Morgan fingerprint density at radius 2 is 2.00 bits per heavy atom. The standard InChI is InChI=1S/C10H18O2/c1-4-5-6-7-8-10(2,3)9(11)12/h5-6H,4,7-8H2,1-3H3,(H,11,12). The van der Waals surface area contributed by atoms with Crippen LogP contribution < -0.4 is 0 Å². The van der Waals surface area contributed by atoms with Crippen molar-refractivity contribution in [1.82, 2.24) is 0 Å². The Labute approximate surface area is 74.3 Å². The minimum atomic E-state index is -0.715. The van der Waals surface area contributed by atoms with E-state index in [1.807, 2.05) is 6.08 Å². The smallest absolute Gasteiger partial charge is 0.309 e. The van der Waals surface area contributed by atoms with Gasteiger partial charge in [0.2, 0.25) is 0 Å². The van der Waals surface area contributed by atoms with E-state index in [-0.39, 0.29) is 0 Å². The lowest BCUT2D eigenvalue weighted by atomic mass is 9.88. The number of carbonyl (C=O) groups is 1. The largest absolute Gasteiger partial charge is 0.481 e. The molecule has 0 aliphatic heterocycles. The van der Waals surface area contributed by atoms with Gasteiger partial charge in [0.1, 0.15) is 0 Å². The Morgan fingerprint density at radius 3 is 2.42 bits per heavy atom. The van der Waals surface area contributed by atoms with Crippen LogP contribution in [-0.2, 0) is 4.79 Å². The fourth-order valence-electron chi connectivity index (χ4n) is 0.836. The highest BCUT2D eigenvalue weighted by molar-refractivity contribution is 5.73. The van der Waals surface area contributed by atoms with E-state index in [0.717, 1.165) is 12.8 Å². The van der Waals surface area contributed by atoms with Crippen molar-refractivity contribution in [2.45, 2.75) is 40.0 Å². The molecular formula is C10H18O2. The molecule has 0 aromatic heterocycles. The van der Waals surface area contributed by atoms with E-state index in [2.05, 4.69) is 13.0 Å². The predicted molar refractivity (Wildman–Crippen MR) is 50.1 cm³/mol. The van der Waals surface area contributed by atoms with E-state index < -0.39 is 11.4 Å². The molecule has 0 saturated heterocycles. The van der Waals surface area contributed by atoms with Gasteiger partial charge in [-0.25, -0.2) is 0 Å². The Kier molecular flexibility index (Phi) is 4.64. The molecule has 0 aliphatic rings. The molecule has 0 atom stereocenters. The van der Waals surface area contributed by atoms with Crippen molar-refractivity contribution in [3.05, 3.63) is 12.2 Å². The van der Waals surface area contributed by atoms with Crippen LogP contribution in [0.5, 0.6) is 0 Å². The highest BCUT2D eigenvalue weighted by atomic mass is 16.4. The first-order valence-electron chi connectivity index (χ1n) is 4.39. The molecule has 0 spiro atoms. The minimum Gasteiger partial charge on any atom is -0.481 e. The zero-order valence-electron chi connectivity index (χ0n) is 8.13. The lowest BCUT2D eigenvalue weighted by Gasteiger charge is -2.17. The van der Waals surface area contributed by atoms with Crippen molar-refractivity contribution < 1.29 is 9.90 Å². The Balaban J connectivity index is 3.76. The Morgan fingerprint density at radius 1 is 1.42 bits per heavy atom. The molecule has 0 fully saturated rings. The maximum atomic E-state index is 10.7. The summed E-state index contributed by atoms with van der Waals surface area (Å²) in [6, 6.07) is 0. The number of hydrogen-bond donors (Lipinski definition) is 1. The number of rotatable bonds is 5. The molecule has 0 aromatic rings. The molecule has 0 rings (SSSR count). The van der Waals surface area contributed by atoms with Gasteiger partial charge in [-0.05, 0) is 33.1 Å². The Bertz CT molecular complexity index is 169. The van der Waals surface area contributed by atoms with E-state index >= 15 is 0 Å². The Hall–Kier alpha value is -0.790. The van der Waals surface area contributed by atoms with Gasteiger partial charge in [0.15, 0.2) is 0 Å². The molecule has 0 aliphatic carbocycles. The SMILES string of the molecule is CCC=CCCC(C)(C)C(=O)O. The average molecular weight is 170 g/mol. The van der Waals surface area contributed by atoms with E-state index in [4.69, 9.17) is 5.11 Å². The van der Waals surface area contributed by atoms with Gasteiger partial charge in [0, 0.05) is 0 Å². The molecule has 0 amide bonds. The lowest BCUT2D eigenvalue weighted by Crippen LogP contribution is -2.22. The van der Waals surface area contributed by atoms with Gasteiger partial charge in [-0.15, -0.1) is 0 Å². The third-order valence-corrected chi connectivity index (χ3v) is 1.92. The summed E-state index contributed by atoms with van der Waals surface area (Å²) in [5, 5.41) is 8.77. The third-order valence-electron chi connectivity index (χ3n) is 1.92. The maximum Gasteiger partial charge on any atom is 0.309 e. The normalized spacial score (nSPS) is 12.2. The highest BCUT2D eigenvalue weighted by Gasteiger charge is 2.25. The van der Waals surface area contributed by atoms with Crippen LogP contribution in [0.3, 0.4) is 0 Å². The zero-order chi connectivity index (χ0) is 9.61. The highest BCUT2D eigenvalue weighted by Crippen LogP contribution is 2.22. The number of carboxylic acids is 1. The van der Waals surface area contributed by atoms with Gasteiger partial charge in [-0.3, -0.25) is 4.79 Å². The molecule has 0 heterocycles. The monoisotopic (exact) mass is 170 g/mol. The van der Waals surface area contributed by atoms with Gasteiger partial charge >= 0.3 is 5.97 Å². The van der Waals surface area contributed by atoms with E-state index in [1.54, 1.807) is 13.8 Å². The van der Waals surface area contributed by atoms with Crippen LogP contribution in [0.15, 0.2) is 12.2 Å². The first kappa shape index (κ1) is 11.2. The summed E-state index contributed by atoms with van der Waals surface area (Å²) in [6.45, 7) is 5.59. The van der Waals surface area contributed by atoms with Crippen molar-refractivity contribution in [3.63, 3.8) is 0 Å². The fourth-order valence-corrected chi connectivity index (χ4v) is 0.836. The van der Waals surface area contributed by atoms with Crippen LogP contribution in [0.25, 0.3) is 0 Å². The molecule has 12 heavy (non-hydrogen) atoms. The fraction of sp³-hybridized carbons (Fsp3) is 0.700. The summed E-state index contributed by atoms with van der Waals surface area (Å²) in [5.74, 6) is -0.715. The van der Waals surface area contributed by atoms with Crippen LogP contribution >= 0.6 is 0 Å². The molecule has 70 valence electrons. The number of carboxylic acid groups (broad SMARTS) is 1. The quantitative estimate of drug-likeness (QED) is 0.644. The van der Waals surface area contributed by atoms with E-state index in [1.165, 1.54) is 0 Å². The van der Waals surface area contributed by atoms with Crippen LogP contribution in [0.1, 0.15) is 40.0 Å². The second-order valence-corrected chi connectivity index (χ2v) is 3.61. The summed E-state index contributed by atoms with van der Waals surface area (Å²) in [6.07, 6.45) is 6.70. The van der Waals surface area contributed by atoms with Crippen LogP contribution in [0.4, 0.5) is 0 Å². The summed E-state index contributed by atoms with van der Waals surface area (Å²) in [7, 11) is 0.